The second-order valence-electron chi connectivity index (χ2n) is 5.52. The van der Waals surface area contributed by atoms with E-state index in [1.165, 1.54) is 0 Å². The van der Waals surface area contributed by atoms with Crippen LogP contribution in [0.5, 0.6) is 0 Å². The first-order chi connectivity index (χ1) is 8.02. The zero-order valence-corrected chi connectivity index (χ0v) is 11.3. The Balaban J connectivity index is 2.33. The summed E-state index contributed by atoms with van der Waals surface area (Å²) in [5.41, 5.74) is 6.27. The van der Waals surface area contributed by atoms with Gasteiger partial charge in [0.15, 0.2) is 0 Å². The molecule has 0 saturated carbocycles. The van der Waals surface area contributed by atoms with Gasteiger partial charge in [-0.3, -0.25) is 4.90 Å². The highest BCUT2D eigenvalue weighted by molar-refractivity contribution is 5.08. The summed E-state index contributed by atoms with van der Waals surface area (Å²) in [6.07, 6.45) is 5.01. The molecular formula is C13H24N4. The SMILES string of the molecule is CC(C)N1CC[C@@H](N)[C@@H]1c1nccn1C(C)C. The molecule has 1 saturated heterocycles. The molecular weight excluding hydrogens is 212 g/mol. The number of hydrogen-bond donors (Lipinski definition) is 1. The van der Waals surface area contributed by atoms with Gasteiger partial charge in [0.25, 0.3) is 0 Å². The maximum Gasteiger partial charge on any atom is 0.127 e. The molecule has 0 unspecified atom stereocenters. The van der Waals surface area contributed by atoms with E-state index in [1.54, 1.807) is 0 Å². The van der Waals surface area contributed by atoms with Crippen LogP contribution in [-0.2, 0) is 0 Å². The molecule has 2 heterocycles. The summed E-state index contributed by atoms with van der Waals surface area (Å²) in [4.78, 5) is 7.01. The third kappa shape index (κ3) is 2.24. The summed E-state index contributed by atoms with van der Waals surface area (Å²) < 4.78 is 2.24. The smallest absolute Gasteiger partial charge is 0.127 e. The topological polar surface area (TPSA) is 47.1 Å². The fourth-order valence-corrected chi connectivity index (χ4v) is 2.75. The zero-order valence-electron chi connectivity index (χ0n) is 11.3. The van der Waals surface area contributed by atoms with E-state index in [4.69, 9.17) is 5.73 Å². The van der Waals surface area contributed by atoms with E-state index in [9.17, 15) is 0 Å². The molecule has 1 aromatic heterocycles. The standard InChI is InChI=1S/C13H24N4/c1-9(2)16-7-5-11(14)12(16)13-15-6-8-17(13)10(3)4/h6,8-12H,5,7,14H2,1-4H3/t11-,12-/m1/s1. The van der Waals surface area contributed by atoms with Gasteiger partial charge in [0, 0.05) is 37.1 Å². The Bertz CT molecular complexity index is 369. The highest BCUT2D eigenvalue weighted by atomic mass is 15.3. The largest absolute Gasteiger partial charge is 0.331 e. The first kappa shape index (κ1) is 12.6. The van der Waals surface area contributed by atoms with E-state index in [0.717, 1.165) is 18.8 Å². The van der Waals surface area contributed by atoms with Crippen LogP contribution in [0.25, 0.3) is 0 Å². The molecule has 4 nitrogen and oxygen atoms in total. The van der Waals surface area contributed by atoms with Gasteiger partial charge in [0.2, 0.25) is 0 Å². The first-order valence-corrected chi connectivity index (χ1v) is 6.56. The Morgan fingerprint density at radius 3 is 2.59 bits per heavy atom. The summed E-state index contributed by atoms with van der Waals surface area (Å²) in [7, 11) is 0. The van der Waals surface area contributed by atoms with Crippen LogP contribution in [0.3, 0.4) is 0 Å². The van der Waals surface area contributed by atoms with Crippen molar-refractivity contribution in [2.24, 2.45) is 5.73 Å². The Morgan fingerprint density at radius 2 is 2.00 bits per heavy atom. The summed E-state index contributed by atoms with van der Waals surface area (Å²) in [6, 6.07) is 1.44. The molecule has 2 rings (SSSR count). The summed E-state index contributed by atoms with van der Waals surface area (Å²) >= 11 is 0. The molecule has 2 N–H and O–H groups in total. The van der Waals surface area contributed by atoms with Gasteiger partial charge in [0.1, 0.15) is 5.82 Å². The van der Waals surface area contributed by atoms with Crippen molar-refractivity contribution in [2.45, 2.75) is 58.3 Å². The lowest BCUT2D eigenvalue weighted by Crippen LogP contribution is -2.37. The average molecular weight is 236 g/mol. The highest BCUT2D eigenvalue weighted by Gasteiger charge is 2.37. The minimum atomic E-state index is 0.206. The lowest BCUT2D eigenvalue weighted by molar-refractivity contribution is 0.186. The molecule has 0 aromatic carbocycles. The van der Waals surface area contributed by atoms with Crippen LogP contribution in [0.4, 0.5) is 0 Å². The van der Waals surface area contributed by atoms with Gasteiger partial charge in [-0.25, -0.2) is 4.98 Å². The number of aromatic nitrogens is 2. The van der Waals surface area contributed by atoms with Crippen molar-refractivity contribution < 1.29 is 0 Å². The third-order valence-electron chi connectivity index (χ3n) is 3.67. The lowest BCUT2D eigenvalue weighted by Gasteiger charge is -2.30. The van der Waals surface area contributed by atoms with E-state index in [2.05, 4.69) is 48.3 Å². The fourth-order valence-electron chi connectivity index (χ4n) is 2.75. The van der Waals surface area contributed by atoms with Crippen molar-refractivity contribution >= 4 is 0 Å². The summed E-state index contributed by atoms with van der Waals surface area (Å²) in [5.74, 6) is 1.12. The molecule has 0 bridgehead atoms. The quantitative estimate of drug-likeness (QED) is 0.872. The number of nitrogens with two attached hydrogens (primary N) is 1. The minimum Gasteiger partial charge on any atom is -0.331 e. The second kappa shape index (κ2) is 4.78. The number of nitrogens with zero attached hydrogens (tertiary/aromatic N) is 3. The van der Waals surface area contributed by atoms with Crippen LogP contribution < -0.4 is 5.73 Å². The number of rotatable bonds is 3. The molecule has 1 aliphatic heterocycles. The Kier molecular flexibility index (Phi) is 3.54. The van der Waals surface area contributed by atoms with Gasteiger partial charge in [-0.2, -0.15) is 0 Å². The van der Waals surface area contributed by atoms with Crippen molar-refractivity contribution in [3.8, 4) is 0 Å². The minimum absolute atomic E-state index is 0.206. The van der Waals surface area contributed by atoms with Crippen LogP contribution in [0.15, 0.2) is 12.4 Å². The molecule has 17 heavy (non-hydrogen) atoms. The highest BCUT2D eigenvalue weighted by Crippen LogP contribution is 2.32. The predicted octanol–water partition coefficient (Wildman–Crippen LogP) is 1.95. The van der Waals surface area contributed by atoms with Gasteiger partial charge in [-0.1, -0.05) is 0 Å². The molecule has 1 aromatic rings. The van der Waals surface area contributed by atoms with E-state index in [-0.39, 0.29) is 12.1 Å². The molecule has 2 atom stereocenters. The number of imidazole rings is 1. The van der Waals surface area contributed by atoms with Crippen molar-refractivity contribution in [3.63, 3.8) is 0 Å². The van der Waals surface area contributed by atoms with Crippen LogP contribution in [0.1, 0.15) is 52.0 Å². The van der Waals surface area contributed by atoms with Crippen molar-refractivity contribution in [1.82, 2.24) is 14.5 Å². The normalized spacial score (nSPS) is 26.3. The molecule has 1 aliphatic rings. The molecule has 0 amide bonds. The zero-order chi connectivity index (χ0) is 12.6. The van der Waals surface area contributed by atoms with Crippen molar-refractivity contribution in [1.29, 1.82) is 0 Å². The molecule has 96 valence electrons. The number of likely N-dealkylation sites (tertiary alicyclic amines) is 1. The molecule has 4 heteroatoms. The molecule has 0 spiro atoms. The molecule has 0 radical (unpaired) electrons. The van der Waals surface area contributed by atoms with E-state index < -0.39 is 0 Å². The second-order valence-corrected chi connectivity index (χ2v) is 5.52. The summed E-state index contributed by atoms with van der Waals surface area (Å²) in [5, 5.41) is 0. The summed E-state index contributed by atoms with van der Waals surface area (Å²) in [6.45, 7) is 9.91. The maximum atomic E-state index is 6.27. The monoisotopic (exact) mass is 236 g/mol. The van der Waals surface area contributed by atoms with Crippen LogP contribution in [-0.4, -0.2) is 33.1 Å². The molecule has 0 aliphatic carbocycles. The average Bonchev–Trinajstić information content (AvgIpc) is 2.82. The molecule has 1 fully saturated rings. The lowest BCUT2D eigenvalue weighted by atomic mass is 10.1. The van der Waals surface area contributed by atoms with Gasteiger partial charge < -0.3 is 10.3 Å². The predicted molar refractivity (Wildman–Crippen MR) is 69.8 cm³/mol. The Hall–Kier alpha value is -0.870. The van der Waals surface area contributed by atoms with Crippen LogP contribution >= 0.6 is 0 Å². The first-order valence-electron chi connectivity index (χ1n) is 6.56. The van der Waals surface area contributed by atoms with Crippen molar-refractivity contribution in [3.05, 3.63) is 18.2 Å². The van der Waals surface area contributed by atoms with E-state index in [1.807, 2.05) is 6.20 Å². The van der Waals surface area contributed by atoms with Gasteiger partial charge in [-0.05, 0) is 34.1 Å². The van der Waals surface area contributed by atoms with E-state index in [0.29, 0.717) is 12.1 Å². The van der Waals surface area contributed by atoms with Gasteiger partial charge in [0.05, 0.1) is 6.04 Å². The van der Waals surface area contributed by atoms with Crippen LogP contribution in [0, 0.1) is 0 Å². The van der Waals surface area contributed by atoms with E-state index >= 15 is 0 Å². The van der Waals surface area contributed by atoms with Gasteiger partial charge in [-0.15, -0.1) is 0 Å². The maximum absolute atomic E-state index is 6.27. The Labute approximate surface area is 104 Å². The fraction of sp³-hybridized carbons (Fsp3) is 0.769. The third-order valence-corrected chi connectivity index (χ3v) is 3.67. The van der Waals surface area contributed by atoms with Gasteiger partial charge >= 0.3 is 0 Å². The number of hydrogen-bond acceptors (Lipinski definition) is 3. The Morgan fingerprint density at radius 1 is 1.29 bits per heavy atom. The van der Waals surface area contributed by atoms with Crippen molar-refractivity contribution in [2.75, 3.05) is 6.54 Å². The van der Waals surface area contributed by atoms with Crippen LogP contribution in [0.2, 0.25) is 0 Å².